The molecule has 0 saturated carbocycles. The van der Waals surface area contributed by atoms with Gasteiger partial charge in [0.25, 0.3) is 0 Å². The van der Waals surface area contributed by atoms with E-state index in [0.29, 0.717) is 0 Å². The van der Waals surface area contributed by atoms with Crippen LogP contribution in [0.5, 0.6) is 0 Å². The molecule has 2 heteroatoms. The van der Waals surface area contributed by atoms with E-state index in [1.807, 2.05) is 0 Å². The maximum Gasteiger partial charge on any atom is 0.0247 e. The Balaban J connectivity index is 2.07. The molecule has 1 saturated heterocycles. The Kier molecular flexibility index (Phi) is 3.24. The smallest absolute Gasteiger partial charge is 0.0247 e. The van der Waals surface area contributed by atoms with Gasteiger partial charge in [-0.15, -0.1) is 0 Å². The summed E-state index contributed by atoms with van der Waals surface area (Å²) in [5.74, 6) is 0. The Hall–Kier alpha value is -0.340. The Morgan fingerprint density at radius 2 is 2.21 bits per heavy atom. The van der Waals surface area contributed by atoms with Crippen LogP contribution in [0.4, 0.5) is 0 Å². The number of halogens is 1. The molecule has 1 heterocycles. The second kappa shape index (κ2) is 4.45. The van der Waals surface area contributed by atoms with Crippen LogP contribution < -0.4 is 0 Å². The number of rotatable bonds is 2. The van der Waals surface area contributed by atoms with Crippen molar-refractivity contribution in [2.75, 3.05) is 6.54 Å². The van der Waals surface area contributed by atoms with Crippen LogP contribution in [-0.4, -0.2) is 17.5 Å². The Morgan fingerprint density at radius 1 is 1.43 bits per heavy atom. The van der Waals surface area contributed by atoms with Crippen LogP contribution in [0.15, 0.2) is 28.7 Å². The van der Waals surface area contributed by atoms with Crippen LogP contribution in [0.1, 0.15) is 25.3 Å². The maximum absolute atomic E-state index is 3.60. The molecule has 1 aromatic carbocycles. The summed E-state index contributed by atoms with van der Waals surface area (Å²) in [6.45, 7) is 4.66. The third-order valence-corrected chi connectivity index (χ3v) is 3.80. The molecule has 0 radical (unpaired) electrons. The van der Waals surface area contributed by atoms with Crippen molar-refractivity contribution < 1.29 is 0 Å². The van der Waals surface area contributed by atoms with E-state index in [4.69, 9.17) is 0 Å². The van der Waals surface area contributed by atoms with Gasteiger partial charge in [0.15, 0.2) is 0 Å². The Labute approximate surface area is 94.2 Å². The van der Waals surface area contributed by atoms with Crippen molar-refractivity contribution in [3.05, 3.63) is 34.3 Å². The normalized spacial score (nSPS) is 22.9. The zero-order valence-electron chi connectivity index (χ0n) is 8.54. The third-order valence-electron chi connectivity index (χ3n) is 3.02. The van der Waals surface area contributed by atoms with Gasteiger partial charge in [0.1, 0.15) is 0 Å². The summed E-state index contributed by atoms with van der Waals surface area (Å²) in [7, 11) is 0. The van der Waals surface area contributed by atoms with Gasteiger partial charge in [-0.3, -0.25) is 4.90 Å². The van der Waals surface area contributed by atoms with Gasteiger partial charge >= 0.3 is 0 Å². The van der Waals surface area contributed by atoms with Crippen LogP contribution in [0.25, 0.3) is 0 Å². The van der Waals surface area contributed by atoms with E-state index in [9.17, 15) is 0 Å². The van der Waals surface area contributed by atoms with E-state index in [1.165, 1.54) is 29.4 Å². The minimum absolute atomic E-state index is 0.752. The van der Waals surface area contributed by atoms with E-state index in [1.54, 1.807) is 0 Å². The van der Waals surface area contributed by atoms with E-state index in [-0.39, 0.29) is 0 Å². The van der Waals surface area contributed by atoms with Crippen molar-refractivity contribution in [1.82, 2.24) is 4.90 Å². The molecule has 0 aromatic heterocycles. The second-order valence-electron chi connectivity index (χ2n) is 4.05. The quantitative estimate of drug-likeness (QED) is 0.781. The molecular weight excluding hydrogens is 238 g/mol. The highest BCUT2D eigenvalue weighted by Gasteiger charge is 2.20. The van der Waals surface area contributed by atoms with Crippen molar-refractivity contribution in [3.63, 3.8) is 0 Å². The van der Waals surface area contributed by atoms with Crippen molar-refractivity contribution in [3.8, 4) is 0 Å². The molecular formula is C12H16BrN. The summed E-state index contributed by atoms with van der Waals surface area (Å²) >= 11 is 3.60. The lowest BCUT2D eigenvalue weighted by atomic mass is 10.2. The van der Waals surface area contributed by atoms with E-state index < -0.39 is 0 Å². The van der Waals surface area contributed by atoms with Gasteiger partial charge < -0.3 is 0 Å². The minimum atomic E-state index is 0.752. The standard InChI is InChI=1S/C12H16BrN/c1-10-5-4-8-14(10)9-11-6-2-3-7-12(11)13/h2-3,6-7,10H,4-5,8-9H2,1H3. The van der Waals surface area contributed by atoms with Gasteiger partial charge in [-0.05, 0) is 37.9 Å². The highest BCUT2D eigenvalue weighted by molar-refractivity contribution is 9.10. The van der Waals surface area contributed by atoms with Gasteiger partial charge in [-0.2, -0.15) is 0 Å². The van der Waals surface area contributed by atoms with E-state index in [2.05, 4.69) is 52.0 Å². The van der Waals surface area contributed by atoms with Gasteiger partial charge in [0.05, 0.1) is 0 Å². The largest absolute Gasteiger partial charge is 0.296 e. The average Bonchev–Trinajstić information content (AvgIpc) is 2.56. The van der Waals surface area contributed by atoms with Crippen LogP contribution >= 0.6 is 15.9 Å². The summed E-state index contributed by atoms with van der Waals surface area (Å²) in [6.07, 6.45) is 2.70. The molecule has 0 spiro atoms. The molecule has 1 atom stereocenters. The lowest BCUT2D eigenvalue weighted by Crippen LogP contribution is -2.26. The monoisotopic (exact) mass is 253 g/mol. The van der Waals surface area contributed by atoms with Crippen molar-refractivity contribution in [1.29, 1.82) is 0 Å². The first-order valence-corrected chi connectivity index (χ1v) is 6.04. The summed E-state index contributed by atoms with van der Waals surface area (Å²) in [5.41, 5.74) is 1.40. The molecule has 1 nitrogen and oxygen atoms in total. The zero-order chi connectivity index (χ0) is 9.97. The molecule has 0 amide bonds. The fourth-order valence-corrected chi connectivity index (χ4v) is 2.48. The minimum Gasteiger partial charge on any atom is -0.296 e. The van der Waals surface area contributed by atoms with Crippen molar-refractivity contribution in [2.24, 2.45) is 0 Å². The lowest BCUT2D eigenvalue weighted by Gasteiger charge is -2.21. The first-order chi connectivity index (χ1) is 6.77. The van der Waals surface area contributed by atoms with Gasteiger partial charge in [0.2, 0.25) is 0 Å². The fourth-order valence-electron chi connectivity index (χ4n) is 2.07. The number of benzene rings is 1. The van der Waals surface area contributed by atoms with Crippen LogP contribution in [0.3, 0.4) is 0 Å². The molecule has 0 bridgehead atoms. The SMILES string of the molecule is CC1CCCN1Cc1ccccc1Br. The lowest BCUT2D eigenvalue weighted by molar-refractivity contribution is 0.260. The number of nitrogens with zero attached hydrogens (tertiary/aromatic N) is 1. The molecule has 1 aliphatic heterocycles. The van der Waals surface area contributed by atoms with Crippen LogP contribution in [0.2, 0.25) is 0 Å². The molecule has 1 unspecified atom stereocenters. The first kappa shape index (κ1) is 10.2. The van der Waals surface area contributed by atoms with Gasteiger partial charge in [0, 0.05) is 17.1 Å². The Morgan fingerprint density at radius 3 is 2.86 bits per heavy atom. The predicted molar refractivity (Wildman–Crippen MR) is 63.2 cm³/mol. The number of hydrogen-bond donors (Lipinski definition) is 0. The van der Waals surface area contributed by atoms with Crippen LogP contribution in [0, 0.1) is 0 Å². The molecule has 1 aliphatic rings. The summed E-state index contributed by atoms with van der Waals surface area (Å²) in [5, 5.41) is 0. The van der Waals surface area contributed by atoms with Crippen molar-refractivity contribution in [2.45, 2.75) is 32.4 Å². The molecule has 0 N–H and O–H groups in total. The highest BCUT2D eigenvalue weighted by Crippen LogP contribution is 2.23. The molecule has 0 aliphatic carbocycles. The molecule has 2 rings (SSSR count). The molecule has 76 valence electrons. The molecule has 1 fully saturated rings. The zero-order valence-corrected chi connectivity index (χ0v) is 10.1. The highest BCUT2D eigenvalue weighted by atomic mass is 79.9. The Bertz CT molecular complexity index is 311. The summed E-state index contributed by atoms with van der Waals surface area (Å²) in [6, 6.07) is 9.26. The number of likely N-dealkylation sites (tertiary alicyclic amines) is 1. The topological polar surface area (TPSA) is 3.24 Å². The fraction of sp³-hybridized carbons (Fsp3) is 0.500. The third kappa shape index (κ3) is 2.18. The molecule has 1 aromatic rings. The van der Waals surface area contributed by atoms with Gasteiger partial charge in [-0.1, -0.05) is 34.1 Å². The molecule has 14 heavy (non-hydrogen) atoms. The van der Waals surface area contributed by atoms with Crippen LogP contribution in [-0.2, 0) is 6.54 Å². The summed E-state index contributed by atoms with van der Waals surface area (Å²) in [4.78, 5) is 2.56. The predicted octanol–water partition coefficient (Wildman–Crippen LogP) is 3.43. The second-order valence-corrected chi connectivity index (χ2v) is 4.91. The van der Waals surface area contributed by atoms with Crippen molar-refractivity contribution >= 4 is 15.9 Å². The van der Waals surface area contributed by atoms with E-state index >= 15 is 0 Å². The number of hydrogen-bond acceptors (Lipinski definition) is 1. The first-order valence-electron chi connectivity index (χ1n) is 5.25. The summed E-state index contributed by atoms with van der Waals surface area (Å²) < 4.78 is 1.24. The maximum atomic E-state index is 3.60. The average molecular weight is 254 g/mol. The van der Waals surface area contributed by atoms with Gasteiger partial charge in [-0.25, -0.2) is 0 Å². The van der Waals surface area contributed by atoms with E-state index in [0.717, 1.165) is 12.6 Å².